The SMILES string of the molecule is CC(C)(C)C(C)(C)CNc1ccnc(CN)n1. The molecule has 0 radical (unpaired) electrons. The molecule has 0 fully saturated rings. The summed E-state index contributed by atoms with van der Waals surface area (Å²) in [4.78, 5) is 8.40. The van der Waals surface area contributed by atoms with Crippen molar-refractivity contribution in [3.8, 4) is 0 Å². The Morgan fingerprint density at radius 2 is 1.88 bits per heavy atom. The summed E-state index contributed by atoms with van der Waals surface area (Å²) < 4.78 is 0. The topological polar surface area (TPSA) is 63.8 Å². The van der Waals surface area contributed by atoms with Crippen LogP contribution in [-0.4, -0.2) is 16.5 Å². The monoisotopic (exact) mass is 236 g/mol. The van der Waals surface area contributed by atoms with Gasteiger partial charge in [0.1, 0.15) is 11.6 Å². The molecule has 4 nitrogen and oxygen atoms in total. The highest BCUT2D eigenvalue weighted by Gasteiger charge is 2.32. The fraction of sp³-hybridized carbons (Fsp3) is 0.692. The van der Waals surface area contributed by atoms with Gasteiger partial charge in [0.25, 0.3) is 0 Å². The van der Waals surface area contributed by atoms with Crippen molar-refractivity contribution in [3.05, 3.63) is 18.1 Å². The van der Waals surface area contributed by atoms with Crippen LogP contribution in [0.5, 0.6) is 0 Å². The number of hydrogen-bond donors (Lipinski definition) is 2. The van der Waals surface area contributed by atoms with Crippen molar-refractivity contribution < 1.29 is 0 Å². The zero-order chi connectivity index (χ0) is 13.1. The molecule has 17 heavy (non-hydrogen) atoms. The smallest absolute Gasteiger partial charge is 0.144 e. The standard InChI is InChI=1S/C13H24N4/c1-12(2,3)13(4,5)9-16-10-6-7-15-11(8-14)17-10/h6-7H,8-9,14H2,1-5H3,(H,15,16,17). The second kappa shape index (κ2) is 5.00. The van der Waals surface area contributed by atoms with Crippen LogP contribution >= 0.6 is 0 Å². The molecule has 0 aliphatic rings. The van der Waals surface area contributed by atoms with E-state index >= 15 is 0 Å². The third kappa shape index (κ3) is 3.66. The minimum absolute atomic E-state index is 0.181. The molecule has 0 saturated carbocycles. The molecule has 0 aliphatic heterocycles. The third-order valence-electron chi connectivity index (χ3n) is 3.63. The van der Waals surface area contributed by atoms with Gasteiger partial charge in [-0.25, -0.2) is 9.97 Å². The number of anilines is 1. The highest BCUT2D eigenvalue weighted by Crippen LogP contribution is 2.37. The molecule has 1 rings (SSSR count). The lowest BCUT2D eigenvalue weighted by molar-refractivity contribution is 0.148. The van der Waals surface area contributed by atoms with Gasteiger partial charge in [-0.15, -0.1) is 0 Å². The molecule has 1 aromatic rings. The van der Waals surface area contributed by atoms with Gasteiger partial charge in [0.05, 0.1) is 6.54 Å². The van der Waals surface area contributed by atoms with Gasteiger partial charge < -0.3 is 11.1 Å². The maximum atomic E-state index is 5.52. The summed E-state index contributed by atoms with van der Waals surface area (Å²) in [7, 11) is 0. The van der Waals surface area contributed by atoms with E-state index in [4.69, 9.17) is 5.73 Å². The average Bonchev–Trinajstić information content (AvgIpc) is 2.25. The van der Waals surface area contributed by atoms with E-state index in [0.29, 0.717) is 12.4 Å². The van der Waals surface area contributed by atoms with Crippen molar-refractivity contribution in [2.24, 2.45) is 16.6 Å². The Kier molecular flexibility index (Phi) is 4.09. The second-order valence-electron chi connectivity index (χ2n) is 6.05. The van der Waals surface area contributed by atoms with Crippen LogP contribution in [0.25, 0.3) is 0 Å². The van der Waals surface area contributed by atoms with Gasteiger partial charge in [0, 0.05) is 12.7 Å². The fourth-order valence-corrected chi connectivity index (χ4v) is 1.17. The molecule has 1 heterocycles. The Morgan fingerprint density at radius 3 is 2.41 bits per heavy atom. The predicted molar refractivity (Wildman–Crippen MR) is 71.6 cm³/mol. The molecule has 0 amide bonds. The summed E-state index contributed by atoms with van der Waals surface area (Å²) in [5.41, 5.74) is 5.94. The van der Waals surface area contributed by atoms with E-state index < -0.39 is 0 Å². The molecule has 0 aliphatic carbocycles. The molecule has 1 aromatic heterocycles. The molecule has 96 valence electrons. The molecule has 0 saturated heterocycles. The van der Waals surface area contributed by atoms with E-state index in [9.17, 15) is 0 Å². The number of hydrogen-bond acceptors (Lipinski definition) is 4. The van der Waals surface area contributed by atoms with Gasteiger partial charge in [-0.05, 0) is 16.9 Å². The lowest BCUT2D eigenvalue weighted by Gasteiger charge is -2.39. The summed E-state index contributed by atoms with van der Waals surface area (Å²) in [6.45, 7) is 12.5. The lowest BCUT2D eigenvalue weighted by atomic mass is 9.69. The van der Waals surface area contributed by atoms with Crippen LogP contribution in [0.1, 0.15) is 40.4 Å². The Bertz CT molecular complexity index is 366. The first-order valence-corrected chi connectivity index (χ1v) is 6.02. The Hall–Kier alpha value is -1.16. The third-order valence-corrected chi connectivity index (χ3v) is 3.63. The number of aromatic nitrogens is 2. The van der Waals surface area contributed by atoms with Crippen LogP contribution in [0.3, 0.4) is 0 Å². The van der Waals surface area contributed by atoms with Crippen LogP contribution < -0.4 is 11.1 Å². The van der Waals surface area contributed by atoms with E-state index in [1.807, 2.05) is 6.07 Å². The van der Waals surface area contributed by atoms with E-state index in [0.717, 1.165) is 12.4 Å². The summed E-state index contributed by atoms with van der Waals surface area (Å²) in [6.07, 6.45) is 1.74. The Labute approximate surface area is 104 Å². The van der Waals surface area contributed by atoms with Crippen molar-refractivity contribution in [1.29, 1.82) is 0 Å². The number of nitrogens with zero attached hydrogens (tertiary/aromatic N) is 2. The highest BCUT2D eigenvalue weighted by atomic mass is 15.0. The first-order valence-electron chi connectivity index (χ1n) is 6.02. The fourth-order valence-electron chi connectivity index (χ4n) is 1.17. The van der Waals surface area contributed by atoms with Gasteiger partial charge in [0.15, 0.2) is 0 Å². The number of rotatable bonds is 4. The summed E-state index contributed by atoms with van der Waals surface area (Å²) in [5, 5.41) is 3.36. The highest BCUT2D eigenvalue weighted by molar-refractivity contribution is 5.33. The minimum Gasteiger partial charge on any atom is -0.369 e. The second-order valence-corrected chi connectivity index (χ2v) is 6.05. The zero-order valence-electron chi connectivity index (χ0n) is 11.5. The average molecular weight is 236 g/mol. The van der Waals surface area contributed by atoms with Crippen LogP contribution in [0, 0.1) is 10.8 Å². The zero-order valence-corrected chi connectivity index (χ0v) is 11.5. The van der Waals surface area contributed by atoms with Gasteiger partial charge >= 0.3 is 0 Å². The van der Waals surface area contributed by atoms with Gasteiger partial charge in [-0.2, -0.15) is 0 Å². The molecular formula is C13H24N4. The molecule has 0 bridgehead atoms. The van der Waals surface area contributed by atoms with Crippen LogP contribution in [0.2, 0.25) is 0 Å². The number of nitrogens with one attached hydrogen (secondary N) is 1. The summed E-state index contributed by atoms with van der Waals surface area (Å²) >= 11 is 0. The quantitative estimate of drug-likeness (QED) is 0.842. The van der Waals surface area contributed by atoms with Gasteiger partial charge in [0.2, 0.25) is 0 Å². The van der Waals surface area contributed by atoms with Crippen molar-refractivity contribution >= 4 is 5.82 Å². The molecule has 0 unspecified atom stereocenters. The molecular weight excluding hydrogens is 212 g/mol. The Balaban J connectivity index is 2.67. The van der Waals surface area contributed by atoms with Crippen molar-refractivity contribution in [1.82, 2.24) is 9.97 Å². The van der Waals surface area contributed by atoms with Crippen LogP contribution in [-0.2, 0) is 6.54 Å². The molecule has 0 spiro atoms. The van der Waals surface area contributed by atoms with Gasteiger partial charge in [-0.3, -0.25) is 0 Å². The van der Waals surface area contributed by atoms with Crippen molar-refractivity contribution in [2.75, 3.05) is 11.9 Å². The van der Waals surface area contributed by atoms with E-state index in [1.165, 1.54) is 0 Å². The van der Waals surface area contributed by atoms with E-state index in [2.05, 4.69) is 49.9 Å². The summed E-state index contributed by atoms with van der Waals surface area (Å²) in [6, 6.07) is 1.87. The number of nitrogens with two attached hydrogens (primary N) is 1. The van der Waals surface area contributed by atoms with Crippen LogP contribution in [0.15, 0.2) is 12.3 Å². The van der Waals surface area contributed by atoms with Crippen molar-refractivity contribution in [3.63, 3.8) is 0 Å². The molecule has 3 N–H and O–H groups in total. The maximum absolute atomic E-state index is 5.52. The van der Waals surface area contributed by atoms with E-state index in [1.54, 1.807) is 6.20 Å². The first kappa shape index (κ1) is 13.9. The molecule has 0 aromatic carbocycles. The van der Waals surface area contributed by atoms with Gasteiger partial charge in [-0.1, -0.05) is 34.6 Å². The molecule has 0 atom stereocenters. The maximum Gasteiger partial charge on any atom is 0.144 e. The normalized spacial score (nSPS) is 12.6. The largest absolute Gasteiger partial charge is 0.369 e. The minimum atomic E-state index is 0.181. The van der Waals surface area contributed by atoms with Crippen molar-refractivity contribution in [2.45, 2.75) is 41.2 Å². The predicted octanol–water partition coefficient (Wildman–Crippen LogP) is 2.42. The molecule has 4 heteroatoms. The first-order chi connectivity index (χ1) is 7.76. The lowest BCUT2D eigenvalue weighted by Crippen LogP contribution is -2.36. The van der Waals surface area contributed by atoms with Crippen LogP contribution in [0.4, 0.5) is 5.82 Å². The Morgan fingerprint density at radius 1 is 1.24 bits per heavy atom. The summed E-state index contributed by atoms with van der Waals surface area (Å²) in [5.74, 6) is 1.52. The van der Waals surface area contributed by atoms with E-state index in [-0.39, 0.29) is 10.8 Å².